The number of carbonyl (C=O) groups is 1. The highest BCUT2D eigenvalue weighted by molar-refractivity contribution is 9.10. The Kier molecular flexibility index (Phi) is 3.90. The first-order valence-corrected chi connectivity index (χ1v) is 6.91. The topological polar surface area (TPSA) is 53.4 Å². The zero-order chi connectivity index (χ0) is 13.3. The van der Waals surface area contributed by atoms with E-state index < -0.39 is 5.97 Å². The molecule has 2 rings (SSSR count). The molecule has 18 heavy (non-hydrogen) atoms. The quantitative estimate of drug-likeness (QED) is 0.853. The second-order valence-corrected chi connectivity index (χ2v) is 6.01. The van der Waals surface area contributed by atoms with E-state index in [0.29, 0.717) is 16.4 Å². The Balaban J connectivity index is 2.29. The summed E-state index contributed by atoms with van der Waals surface area (Å²) < 4.78 is 0.572. The van der Waals surface area contributed by atoms with E-state index in [-0.39, 0.29) is 5.56 Å². The molecule has 0 aromatic carbocycles. The van der Waals surface area contributed by atoms with Crippen molar-refractivity contribution in [2.24, 2.45) is 11.8 Å². The maximum absolute atomic E-state index is 11.0. The van der Waals surface area contributed by atoms with Gasteiger partial charge in [0.25, 0.3) is 0 Å². The van der Waals surface area contributed by atoms with E-state index in [9.17, 15) is 4.79 Å². The van der Waals surface area contributed by atoms with Crippen molar-refractivity contribution in [1.29, 1.82) is 0 Å². The van der Waals surface area contributed by atoms with Crippen LogP contribution < -0.4 is 4.90 Å². The highest BCUT2D eigenvalue weighted by atomic mass is 79.9. The van der Waals surface area contributed by atoms with Gasteiger partial charge in [-0.25, -0.2) is 9.78 Å². The van der Waals surface area contributed by atoms with Crippen molar-refractivity contribution in [2.75, 3.05) is 18.0 Å². The first kappa shape index (κ1) is 13.3. The van der Waals surface area contributed by atoms with Crippen LogP contribution in [0.2, 0.25) is 0 Å². The molecule has 5 heteroatoms. The lowest BCUT2D eigenvalue weighted by Crippen LogP contribution is -2.39. The van der Waals surface area contributed by atoms with Gasteiger partial charge in [-0.05, 0) is 46.3 Å². The fourth-order valence-corrected chi connectivity index (χ4v) is 3.05. The third kappa shape index (κ3) is 3.02. The van der Waals surface area contributed by atoms with E-state index in [1.807, 2.05) is 0 Å². The minimum Gasteiger partial charge on any atom is -0.478 e. The number of hydrogen-bond acceptors (Lipinski definition) is 3. The summed E-state index contributed by atoms with van der Waals surface area (Å²) in [5.41, 5.74) is 0.276. The number of hydrogen-bond donors (Lipinski definition) is 1. The molecule has 4 nitrogen and oxygen atoms in total. The van der Waals surface area contributed by atoms with Gasteiger partial charge >= 0.3 is 5.97 Å². The predicted molar refractivity (Wildman–Crippen MR) is 74.1 cm³/mol. The van der Waals surface area contributed by atoms with Gasteiger partial charge in [0, 0.05) is 13.1 Å². The van der Waals surface area contributed by atoms with E-state index in [2.05, 4.69) is 39.7 Å². The average molecular weight is 313 g/mol. The lowest BCUT2D eigenvalue weighted by atomic mass is 9.92. The van der Waals surface area contributed by atoms with Crippen molar-refractivity contribution in [3.8, 4) is 0 Å². The number of nitrogens with zero attached hydrogens (tertiary/aromatic N) is 2. The molecule has 0 bridgehead atoms. The molecule has 0 saturated carbocycles. The lowest BCUT2D eigenvalue weighted by molar-refractivity contribution is 0.0696. The van der Waals surface area contributed by atoms with Crippen molar-refractivity contribution < 1.29 is 9.90 Å². The van der Waals surface area contributed by atoms with E-state index in [1.54, 1.807) is 6.07 Å². The van der Waals surface area contributed by atoms with Gasteiger partial charge in [0.15, 0.2) is 0 Å². The second kappa shape index (κ2) is 5.26. The Labute approximate surface area is 115 Å². The summed E-state index contributed by atoms with van der Waals surface area (Å²) in [5.74, 6) is 1.06. The lowest BCUT2D eigenvalue weighted by Gasteiger charge is -2.35. The maximum Gasteiger partial charge on any atom is 0.335 e. The minimum atomic E-state index is -0.919. The van der Waals surface area contributed by atoms with Crippen molar-refractivity contribution in [2.45, 2.75) is 20.3 Å². The molecule has 1 N–H and O–H groups in total. The zero-order valence-corrected chi connectivity index (χ0v) is 12.1. The van der Waals surface area contributed by atoms with Crippen LogP contribution in [0.1, 0.15) is 30.6 Å². The van der Waals surface area contributed by atoms with E-state index in [0.717, 1.165) is 18.9 Å². The third-order valence-electron chi connectivity index (χ3n) is 3.22. The minimum absolute atomic E-state index is 0.276. The van der Waals surface area contributed by atoms with Crippen LogP contribution in [0.25, 0.3) is 0 Å². The number of aromatic nitrogens is 1. The summed E-state index contributed by atoms with van der Waals surface area (Å²) >= 11 is 3.28. The summed E-state index contributed by atoms with van der Waals surface area (Å²) in [6.07, 6.45) is 1.22. The van der Waals surface area contributed by atoms with Crippen LogP contribution in [0.5, 0.6) is 0 Å². The Morgan fingerprint density at radius 2 is 2.00 bits per heavy atom. The Bertz CT molecular complexity index is 454. The fraction of sp³-hybridized carbons (Fsp3) is 0.538. The molecule has 1 aromatic rings. The molecule has 1 saturated heterocycles. The van der Waals surface area contributed by atoms with Crippen molar-refractivity contribution in [1.82, 2.24) is 4.98 Å². The molecule has 98 valence electrons. The summed E-state index contributed by atoms with van der Waals surface area (Å²) in [4.78, 5) is 17.6. The fourth-order valence-electron chi connectivity index (χ4n) is 2.62. The van der Waals surface area contributed by atoms with Crippen molar-refractivity contribution in [3.63, 3.8) is 0 Å². The van der Waals surface area contributed by atoms with Crippen molar-refractivity contribution in [3.05, 3.63) is 22.3 Å². The number of aromatic carboxylic acids is 1. The monoisotopic (exact) mass is 312 g/mol. The van der Waals surface area contributed by atoms with Gasteiger partial charge < -0.3 is 10.0 Å². The molecule has 1 aromatic heterocycles. The molecule has 0 amide bonds. The number of carboxylic acid groups (broad SMARTS) is 1. The Morgan fingerprint density at radius 3 is 2.56 bits per heavy atom. The summed E-state index contributed by atoms with van der Waals surface area (Å²) in [6, 6.07) is 3.18. The van der Waals surface area contributed by atoms with Crippen LogP contribution in [0, 0.1) is 11.8 Å². The van der Waals surface area contributed by atoms with Gasteiger partial charge in [-0.3, -0.25) is 0 Å². The summed E-state index contributed by atoms with van der Waals surface area (Å²) in [6.45, 7) is 6.32. The highest BCUT2D eigenvalue weighted by Gasteiger charge is 2.23. The van der Waals surface area contributed by atoms with Crippen LogP contribution in [0.15, 0.2) is 16.7 Å². The van der Waals surface area contributed by atoms with Crippen LogP contribution in [-0.2, 0) is 0 Å². The molecule has 0 aliphatic carbocycles. The highest BCUT2D eigenvalue weighted by Crippen LogP contribution is 2.26. The number of halogens is 1. The van der Waals surface area contributed by atoms with Crippen LogP contribution in [0.3, 0.4) is 0 Å². The molecule has 1 aliphatic heterocycles. The number of rotatable bonds is 2. The molecular formula is C13H17BrN2O2. The average Bonchev–Trinajstić information content (AvgIpc) is 2.26. The molecule has 2 heterocycles. The normalized spacial score (nSPS) is 24.1. The maximum atomic E-state index is 11.0. The first-order chi connectivity index (χ1) is 8.45. The molecule has 0 radical (unpaired) electrons. The van der Waals surface area contributed by atoms with Gasteiger partial charge in [0.2, 0.25) is 0 Å². The van der Waals surface area contributed by atoms with Crippen LogP contribution in [-0.4, -0.2) is 29.1 Å². The van der Waals surface area contributed by atoms with Gasteiger partial charge in [-0.15, -0.1) is 0 Å². The Hall–Kier alpha value is -1.10. The van der Waals surface area contributed by atoms with Crippen molar-refractivity contribution >= 4 is 27.7 Å². The van der Waals surface area contributed by atoms with Gasteiger partial charge in [0.1, 0.15) is 10.4 Å². The van der Waals surface area contributed by atoms with E-state index in [4.69, 9.17) is 5.11 Å². The number of piperidine rings is 1. The van der Waals surface area contributed by atoms with E-state index >= 15 is 0 Å². The van der Waals surface area contributed by atoms with E-state index in [1.165, 1.54) is 12.5 Å². The summed E-state index contributed by atoms with van der Waals surface area (Å²) in [7, 11) is 0. The molecule has 0 spiro atoms. The molecular weight excluding hydrogens is 296 g/mol. The van der Waals surface area contributed by atoms with Crippen LogP contribution >= 0.6 is 15.9 Å². The SMILES string of the molecule is CC1CC(C)CN(c2cc(C(=O)O)cc(Br)n2)C1. The number of anilines is 1. The van der Waals surface area contributed by atoms with Gasteiger partial charge in [-0.2, -0.15) is 0 Å². The molecule has 1 fully saturated rings. The Morgan fingerprint density at radius 1 is 1.39 bits per heavy atom. The molecule has 2 unspecified atom stereocenters. The second-order valence-electron chi connectivity index (χ2n) is 5.19. The third-order valence-corrected chi connectivity index (χ3v) is 3.63. The zero-order valence-electron chi connectivity index (χ0n) is 10.6. The smallest absolute Gasteiger partial charge is 0.335 e. The molecule has 2 atom stereocenters. The number of pyridine rings is 1. The molecule has 1 aliphatic rings. The van der Waals surface area contributed by atoms with Gasteiger partial charge in [0.05, 0.1) is 5.56 Å². The van der Waals surface area contributed by atoms with Gasteiger partial charge in [-0.1, -0.05) is 13.8 Å². The largest absolute Gasteiger partial charge is 0.478 e. The van der Waals surface area contributed by atoms with Crippen LogP contribution in [0.4, 0.5) is 5.82 Å². The predicted octanol–water partition coefficient (Wildman–Crippen LogP) is 3.02. The first-order valence-electron chi connectivity index (χ1n) is 6.11. The number of carboxylic acids is 1. The standard InChI is InChI=1S/C13H17BrN2O2/c1-8-3-9(2)7-16(6-8)12-5-10(13(17)18)4-11(14)15-12/h4-5,8-9H,3,6-7H2,1-2H3,(H,17,18). The summed E-state index contributed by atoms with van der Waals surface area (Å²) in [5, 5.41) is 9.07.